The zero-order valence-electron chi connectivity index (χ0n) is 30.2. The van der Waals surface area contributed by atoms with E-state index in [-0.39, 0.29) is 30.7 Å². The lowest BCUT2D eigenvalue weighted by molar-refractivity contribution is -0.237. The van der Waals surface area contributed by atoms with E-state index in [4.69, 9.17) is 18.9 Å². The summed E-state index contributed by atoms with van der Waals surface area (Å²) in [4.78, 5) is 56.4. The Hall–Kier alpha value is -4.10. The zero-order valence-corrected chi connectivity index (χ0v) is 30.2. The van der Waals surface area contributed by atoms with Gasteiger partial charge in [-0.2, -0.15) is 8.78 Å². The fourth-order valence-corrected chi connectivity index (χ4v) is 5.45. The monoisotopic (exact) mass is 783 g/mol. The van der Waals surface area contributed by atoms with Gasteiger partial charge in [0.2, 0.25) is 52.6 Å². The molecule has 306 valence electrons. The molecule has 4 unspecified atom stereocenters. The summed E-state index contributed by atoms with van der Waals surface area (Å²) in [5.41, 5.74) is 4.47. The molecule has 0 aromatic heterocycles. The molecule has 2 aliphatic heterocycles. The zero-order chi connectivity index (χ0) is 40.0. The normalized spacial score (nSPS) is 18.8. The van der Waals surface area contributed by atoms with Crippen molar-refractivity contribution in [3.05, 3.63) is 29.1 Å². The molecule has 2 saturated heterocycles. The van der Waals surface area contributed by atoms with Crippen LogP contribution in [0.4, 0.5) is 26.7 Å². The van der Waals surface area contributed by atoms with Gasteiger partial charge in [-0.25, -0.2) is 18.0 Å². The largest absolute Gasteiger partial charge is 0.509 e. The van der Waals surface area contributed by atoms with Gasteiger partial charge in [-0.05, 0) is 32.1 Å². The molecule has 2 fully saturated rings. The molecule has 0 spiro atoms. The third kappa shape index (κ3) is 16.9. The Balaban J connectivity index is 0.00000239. The minimum Gasteiger partial charge on any atom is -0.427 e. The third-order valence-corrected chi connectivity index (χ3v) is 8.16. The van der Waals surface area contributed by atoms with Gasteiger partial charge in [0.1, 0.15) is 12.2 Å². The van der Waals surface area contributed by atoms with Crippen LogP contribution in [0.25, 0.3) is 0 Å². The number of nitrogens with two attached hydrogens (primary N) is 1. The second kappa shape index (κ2) is 25.1. The number of esters is 1. The van der Waals surface area contributed by atoms with Crippen LogP contribution >= 0.6 is 0 Å². The van der Waals surface area contributed by atoms with Crippen LogP contribution in [-0.2, 0) is 38.1 Å². The predicted octanol–water partition coefficient (Wildman–Crippen LogP) is 4.50. The summed E-state index contributed by atoms with van der Waals surface area (Å²) in [5, 5.41) is 15.1. The number of aliphatic hydroxyl groups excluding tert-OH is 1. The molecule has 0 saturated carbocycles. The van der Waals surface area contributed by atoms with Gasteiger partial charge >= 0.3 is 12.1 Å². The summed E-state index contributed by atoms with van der Waals surface area (Å²) in [6.45, 7) is 2.19. The number of hydrogen-bond donors (Lipinski definition) is 4. The maximum Gasteiger partial charge on any atom is 0.509 e. The molecular weight excluding hydrogens is 733 g/mol. The fourth-order valence-electron chi connectivity index (χ4n) is 5.45. The molecule has 2 heterocycles. The van der Waals surface area contributed by atoms with Crippen LogP contribution in [0.15, 0.2) is 0 Å². The third-order valence-electron chi connectivity index (χ3n) is 8.16. The van der Waals surface area contributed by atoms with Crippen molar-refractivity contribution in [1.29, 1.82) is 0 Å². The van der Waals surface area contributed by atoms with Crippen LogP contribution in [0.5, 0.6) is 5.75 Å². The second-order valence-electron chi connectivity index (χ2n) is 12.7. The van der Waals surface area contributed by atoms with Gasteiger partial charge in [0.05, 0.1) is 6.61 Å². The van der Waals surface area contributed by atoms with Crippen molar-refractivity contribution < 1.29 is 74.7 Å². The predicted molar refractivity (Wildman–Crippen MR) is 179 cm³/mol. The minimum absolute atomic E-state index is 0.0597. The van der Waals surface area contributed by atoms with Gasteiger partial charge < -0.3 is 45.2 Å². The molecule has 0 aliphatic carbocycles. The smallest absolute Gasteiger partial charge is 0.427 e. The van der Waals surface area contributed by atoms with Gasteiger partial charge in [-0.3, -0.25) is 19.2 Å². The van der Waals surface area contributed by atoms with Crippen molar-refractivity contribution in [2.24, 2.45) is 5.73 Å². The Labute approximate surface area is 309 Å². The molecule has 19 heteroatoms. The van der Waals surface area contributed by atoms with Crippen LogP contribution in [0, 0.1) is 29.1 Å². The lowest BCUT2D eigenvalue weighted by Crippen LogP contribution is -2.49. The topological polar surface area (TPSA) is 202 Å². The number of aliphatic hydroxyl groups is 1. The molecule has 1 aromatic rings. The van der Waals surface area contributed by atoms with Gasteiger partial charge in [-0.15, -0.1) is 0 Å². The molecule has 3 amide bonds. The molecule has 5 N–H and O–H groups in total. The number of ether oxygens (including phenoxy) is 5. The maximum atomic E-state index is 13.6. The number of carbonyl (C=O) groups excluding carboxylic acids is 5. The van der Waals surface area contributed by atoms with Crippen LogP contribution in [0.2, 0.25) is 0 Å². The first kappa shape index (κ1) is 46.1. The van der Waals surface area contributed by atoms with E-state index in [1.165, 1.54) is 6.92 Å². The van der Waals surface area contributed by atoms with E-state index < -0.39 is 71.6 Å². The minimum atomic E-state index is -2.32. The number of hydrogen-bond acceptors (Lipinski definition) is 11. The Morgan fingerprint density at radius 3 is 1.76 bits per heavy atom. The highest BCUT2D eigenvalue weighted by molar-refractivity contribution is 5.76. The van der Waals surface area contributed by atoms with Crippen molar-refractivity contribution in [3.63, 3.8) is 0 Å². The van der Waals surface area contributed by atoms with Gasteiger partial charge in [0.15, 0.2) is 12.4 Å². The molecule has 0 radical (unpaired) electrons. The van der Waals surface area contributed by atoms with E-state index >= 15 is 0 Å². The molecule has 2 aliphatic rings. The SMILES string of the molecule is CC(N)=O.O=C(CCCCCCCCCCC(=O)Oc1c(F)c(F)c(F)c(F)c1F)NCCCNC(=O)CCCCOC1CC2OC(=O)OC2C(CO)O1. The van der Waals surface area contributed by atoms with E-state index in [1.54, 1.807) is 0 Å². The second-order valence-corrected chi connectivity index (χ2v) is 12.7. The number of rotatable bonds is 23. The number of benzene rings is 1. The van der Waals surface area contributed by atoms with Crippen LogP contribution in [-0.4, -0.2) is 85.9 Å². The average molecular weight is 784 g/mol. The summed E-state index contributed by atoms with van der Waals surface area (Å²) in [7, 11) is 0. The van der Waals surface area contributed by atoms with Crippen LogP contribution < -0.4 is 21.1 Å². The summed E-state index contributed by atoms with van der Waals surface area (Å²) < 4.78 is 92.4. The van der Waals surface area contributed by atoms with Crippen molar-refractivity contribution in [1.82, 2.24) is 10.6 Å². The van der Waals surface area contributed by atoms with Gasteiger partial charge in [-0.1, -0.05) is 38.5 Å². The lowest BCUT2D eigenvalue weighted by Gasteiger charge is -2.34. The lowest BCUT2D eigenvalue weighted by atomic mass is 10.0. The molecular formula is C35H50F5N3O11. The van der Waals surface area contributed by atoms with Crippen molar-refractivity contribution in [2.75, 3.05) is 26.3 Å². The highest BCUT2D eigenvalue weighted by Crippen LogP contribution is 2.31. The fraction of sp³-hybridized carbons (Fsp3) is 0.686. The first-order valence-electron chi connectivity index (χ1n) is 18.0. The number of unbranched alkanes of at least 4 members (excludes halogenated alkanes) is 8. The highest BCUT2D eigenvalue weighted by Gasteiger charge is 2.48. The van der Waals surface area contributed by atoms with Crippen molar-refractivity contribution in [3.8, 4) is 5.75 Å². The summed E-state index contributed by atoms with van der Waals surface area (Å²) in [6, 6.07) is 0. The molecule has 14 nitrogen and oxygen atoms in total. The quantitative estimate of drug-likeness (QED) is 0.0304. The van der Waals surface area contributed by atoms with E-state index in [2.05, 4.69) is 21.1 Å². The van der Waals surface area contributed by atoms with E-state index in [9.17, 15) is 51.0 Å². The number of halogens is 5. The summed E-state index contributed by atoms with van der Waals surface area (Å²) in [6.07, 6.45) is 5.30. The first-order valence-corrected chi connectivity index (χ1v) is 18.0. The summed E-state index contributed by atoms with van der Waals surface area (Å²) in [5.74, 6) is -14.2. The van der Waals surface area contributed by atoms with Gasteiger partial charge in [0, 0.05) is 52.3 Å². The average Bonchev–Trinajstić information content (AvgIpc) is 3.51. The molecule has 1 aromatic carbocycles. The number of nitrogens with one attached hydrogen (secondary N) is 2. The Kier molecular flexibility index (Phi) is 21.4. The van der Waals surface area contributed by atoms with E-state index in [0.717, 1.165) is 38.5 Å². The molecule has 3 rings (SSSR count). The number of primary amides is 1. The van der Waals surface area contributed by atoms with Gasteiger partial charge in [0.25, 0.3) is 0 Å². The Morgan fingerprint density at radius 1 is 0.741 bits per heavy atom. The van der Waals surface area contributed by atoms with Crippen molar-refractivity contribution in [2.45, 2.75) is 128 Å². The molecule has 54 heavy (non-hydrogen) atoms. The Bertz CT molecular complexity index is 1360. The first-order chi connectivity index (χ1) is 25.7. The molecule has 4 atom stereocenters. The summed E-state index contributed by atoms with van der Waals surface area (Å²) >= 11 is 0. The maximum absolute atomic E-state index is 13.6. The van der Waals surface area contributed by atoms with Crippen LogP contribution in [0.3, 0.4) is 0 Å². The van der Waals surface area contributed by atoms with E-state index in [0.29, 0.717) is 71.1 Å². The standard InChI is InChI=1S/C33H45F5N2O10.C2H5NO/c34-26-27(35)29(37)32(30(38)28(26)36)49-24(44)14-8-6-4-2-1-3-5-7-12-22(42)39-15-11-16-40-23(43)13-9-10-17-46-25-18-20-31(21(19-41)47-25)50-33(45)48-20;1-2(3)4/h20-21,25,31,41H,1-19H2,(H,39,42)(H,40,43);1H3,(H2,3,4). The number of amides is 3. The number of carbonyl (C=O) groups is 5. The van der Waals surface area contributed by atoms with E-state index in [1.807, 2.05) is 0 Å². The van der Waals surface area contributed by atoms with Crippen LogP contribution in [0.1, 0.15) is 103 Å². The number of fused-ring (bicyclic) bond motifs is 1. The van der Waals surface area contributed by atoms with Crippen molar-refractivity contribution >= 4 is 29.8 Å². The Morgan fingerprint density at radius 2 is 1.22 bits per heavy atom. The highest BCUT2D eigenvalue weighted by atomic mass is 19.2. The molecule has 0 bridgehead atoms.